The van der Waals surface area contributed by atoms with Crippen LogP contribution >= 0.6 is 27.3 Å². The van der Waals surface area contributed by atoms with Gasteiger partial charge in [-0.2, -0.15) is 5.10 Å². The molecule has 2 rings (SSSR count). The van der Waals surface area contributed by atoms with Gasteiger partial charge in [0.2, 0.25) is 0 Å². The van der Waals surface area contributed by atoms with Crippen LogP contribution in [0.25, 0.3) is 0 Å². The van der Waals surface area contributed by atoms with Gasteiger partial charge in [-0.05, 0) is 22.9 Å². The minimum Gasteiger partial charge on any atom is -0.383 e. The minimum atomic E-state index is -0.182. The molecule has 1 atom stereocenters. The second-order valence-electron chi connectivity index (χ2n) is 4.13. The molecule has 0 aliphatic carbocycles. The molecule has 2 aromatic rings. The molecular weight excluding hydrogens is 344 g/mol. The van der Waals surface area contributed by atoms with E-state index in [0.29, 0.717) is 23.3 Å². The van der Waals surface area contributed by atoms with Gasteiger partial charge in [0, 0.05) is 18.7 Å². The van der Waals surface area contributed by atoms with E-state index in [1.165, 1.54) is 4.68 Å². The van der Waals surface area contributed by atoms with Crippen molar-refractivity contribution in [2.24, 2.45) is 0 Å². The first-order chi connectivity index (χ1) is 9.63. The smallest absolute Gasteiger partial charge is 0.283 e. The molecule has 0 saturated heterocycles. The summed E-state index contributed by atoms with van der Waals surface area (Å²) in [5.41, 5.74) is 0.477. The highest BCUT2D eigenvalue weighted by Crippen LogP contribution is 2.24. The Morgan fingerprint density at radius 1 is 1.60 bits per heavy atom. The van der Waals surface area contributed by atoms with Gasteiger partial charge < -0.3 is 10.1 Å². The van der Waals surface area contributed by atoms with Crippen molar-refractivity contribution in [3.63, 3.8) is 0 Å². The molecular formula is C12H15BrN4O2S. The Morgan fingerprint density at radius 3 is 3.05 bits per heavy atom. The lowest BCUT2D eigenvalue weighted by atomic mass is 10.3. The highest BCUT2D eigenvalue weighted by molar-refractivity contribution is 9.10. The fraction of sp³-hybridized carbons (Fsp3) is 0.417. The van der Waals surface area contributed by atoms with Crippen molar-refractivity contribution in [3.05, 3.63) is 37.6 Å². The first-order valence-corrected chi connectivity index (χ1v) is 7.71. The molecule has 2 heterocycles. The SMILES string of the molecule is COCCn1ncc(NC(C)c2nccs2)c(Br)c1=O. The predicted octanol–water partition coefficient (Wildman–Crippen LogP) is 2.28. The van der Waals surface area contributed by atoms with Gasteiger partial charge in [0.1, 0.15) is 9.48 Å². The van der Waals surface area contributed by atoms with Gasteiger partial charge in [-0.25, -0.2) is 9.67 Å². The van der Waals surface area contributed by atoms with Crippen LogP contribution < -0.4 is 10.9 Å². The second kappa shape index (κ2) is 6.96. The van der Waals surface area contributed by atoms with Crippen molar-refractivity contribution in [2.75, 3.05) is 19.0 Å². The number of halogens is 1. The number of ether oxygens (including phenoxy) is 1. The van der Waals surface area contributed by atoms with E-state index in [1.54, 1.807) is 30.8 Å². The number of hydrogen-bond donors (Lipinski definition) is 1. The summed E-state index contributed by atoms with van der Waals surface area (Å²) in [4.78, 5) is 16.4. The number of aromatic nitrogens is 3. The van der Waals surface area contributed by atoms with Crippen LogP contribution in [0.1, 0.15) is 18.0 Å². The molecule has 1 N–H and O–H groups in total. The minimum absolute atomic E-state index is 0.0160. The van der Waals surface area contributed by atoms with Crippen molar-refractivity contribution in [1.82, 2.24) is 14.8 Å². The third-order valence-electron chi connectivity index (χ3n) is 2.69. The number of hydrogen-bond acceptors (Lipinski definition) is 6. The van der Waals surface area contributed by atoms with E-state index in [9.17, 15) is 4.79 Å². The number of thiazole rings is 1. The monoisotopic (exact) mass is 358 g/mol. The number of nitrogens with one attached hydrogen (secondary N) is 1. The quantitative estimate of drug-likeness (QED) is 0.857. The number of nitrogens with zero attached hydrogens (tertiary/aromatic N) is 3. The molecule has 0 bridgehead atoms. The van der Waals surface area contributed by atoms with Crippen LogP contribution in [-0.2, 0) is 11.3 Å². The summed E-state index contributed by atoms with van der Waals surface area (Å²) in [6, 6.07) is 0.0160. The summed E-state index contributed by atoms with van der Waals surface area (Å²) >= 11 is 4.89. The summed E-state index contributed by atoms with van der Waals surface area (Å²) < 4.78 is 6.78. The normalized spacial score (nSPS) is 12.3. The zero-order valence-corrected chi connectivity index (χ0v) is 13.6. The maximum atomic E-state index is 12.1. The standard InChI is InChI=1S/C12H15BrN4O2S/c1-8(11-14-3-6-20-11)16-9-7-15-17(4-5-19-2)12(18)10(9)13/h3,6-8,16H,4-5H2,1-2H3. The number of rotatable bonds is 6. The third-order valence-corrected chi connectivity index (χ3v) is 4.41. The molecule has 0 radical (unpaired) electrons. The maximum absolute atomic E-state index is 12.1. The molecule has 0 aromatic carbocycles. The molecule has 0 spiro atoms. The Hall–Kier alpha value is -1.25. The fourth-order valence-electron chi connectivity index (χ4n) is 1.65. The average Bonchev–Trinajstić information content (AvgIpc) is 2.97. The topological polar surface area (TPSA) is 69.0 Å². The van der Waals surface area contributed by atoms with E-state index in [0.717, 1.165) is 5.01 Å². The van der Waals surface area contributed by atoms with Gasteiger partial charge in [-0.1, -0.05) is 0 Å². The molecule has 0 aliphatic rings. The largest absolute Gasteiger partial charge is 0.383 e. The molecule has 108 valence electrons. The zero-order chi connectivity index (χ0) is 14.5. The van der Waals surface area contributed by atoms with Crippen LogP contribution in [0.3, 0.4) is 0 Å². The Balaban J connectivity index is 2.17. The highest BCUT2D eigenvalue weighted by atomic mass is 79.9. The third kappa shape index (κ3) is 3.44. The van der Waals surface area contributed by atoms with E-state index in [-0.39, 0.29) is 11.6 Å². The van der Waals surface area contributed by atoms with Crippen LogP contribution in [0.4, 0.5) is 5.69 Å². The van der Waals surface area contributed by atoms with Crippen molar-refractivity contribution in [1.29, 1.82) is 0 Å². The van der Waals surface area contributed by atoms with E-state index >= 15 is 0 Å². The number of methoxy groups -OCH3 is 1. The lowest BCUT2D eigenvalue weighted by Gasteiger charge is -2.14. The van der Waals surface area contributed by atoms with Crippen LogP contribution in [0.2, 0.25) is 0 Å². The lowest BCUT2D eigenvalue weighted by molar-refractivity contribution is 0.181. The molecule has 0 amide bonds. The second-order valence-corrected chi connectivity index (χ2v) is 5.85. The summed E-state index contributed by atoms with van der Waals surface area (Å²) in [5.74, 6) is 0. The van der Waals surface area contributed by atoms with Gasteiger partial charge in [-0.3, -0.25) is 4.79 Å². The Kier molecular flexibility index (Phi) is 5.27. The van der Waals surface area contributed by atoms with Gasteiger partial charge in [0.05, 0.1) is 31.1 Å². The fourth-order valence-corrected chi connectivity index (χ4v) is 2.71. The molecule has 6 nitrogen and oxygen atoms in total. The lowest BCUT2D eigenvalue weighted by Crippen LogP contribution is -2.26. The van der Waals surface area contributed by atoms with E-state index in [2.05, 4.69) is 31.3 Å². The molecule has 0 aliphatic heterocycles. The van der Waals surface area contributed by atoms with Gasteiger partial charge in [0.25, 0.3) is 5.56 Å². The summed E-state index contributed by atoms with van der Waals surface area (Å²) in [5, 5.41) is 10.2. The summed E-state index contributed by atoms with van der Waals surface area (Å²) in [7, 11) is 1.59. The molecule has 0 saturated carbocycles. The molecule has 2 aromatic heterocycles. The van der Waals surface area contributed by atoms with Crippen LogP contribution in [0.5, 0.6) is 0 Å². The Morgan fingerprint density at radius 2 is 2.40 bits per heavy atom. The molecule has 8 heteroatoms. The van der Waals surface area contributed by atoms with Crippen molar-refractivity contribution in [2.45, 2.75) is 19.5 Å². The summed E-state index contributed by atoms with van der Waals surface area (Å²) in [6.45, 7) is 2.86. The maximum Gasteiger partial charge on any atom is 0.283 e. The first-order valence-electron chi connectivity index (χ1n) is 6.04. The first kappa shape index (κ1) is 15.1. The Labute approximate surface area is 128 Å². The Bertz CT molecular complexity index is 614. The highest BCUT2D eigenvalue weighted by Gasteiger charge is 2.13. The van der Waals surface area contributed by atoms with Crippen LogP contribution in [-0.4, -0.2) is 28.5 Å². The summed E-state index contributed by atoms with van der Waals surface area (Å²) in [6.07, 6.45) is 3.39. The molecule has 0 fully saturated rings. The van der Waals surface area contributed by atoms with E-state index < -0.39 is 0 Å². The average molecular weight is 359 g/mol. The zero-order valence-electron chi connectivity index (χ0n) is 11.2. The van der Waals surface area contributed by atoms with Crippen LogP contribution in [0, 0.1) is 0 Å². The van der Waals surface area contributed by atoms with Gasteiger partial charge >= 0.3 is 0 Å². The molecule has 20 heavy (non-hydrogen) atoms. The van der Waals surface area contributed by atoms with E-state index in [1.807, 2.05) is 12.3 Å². The number of anilines is 1. The van der Waals surface area contributed by atoms with E-state index in [4.69, 9.17) is 4.74 Å². The van der Waals surface area contributed by atoms with Crippen molar-refractivity contribution >= 4 is 33.0 Å². The van der Waals surface area contributed by atoms with Crippen molar-refractivity contribution < 1.29 is 4.74 Å². The predicted molar refractivity (Wildman–Crippen MR) is 82.2 cm³/mol. The van der Waals surface area contributed by atoms with Crippen LogP contribution in [0.15, 0.2) is 27.0 Å². The van der Waals surface area contributed by atoms with Crippen molar-refractivity contribution in [3.8, 4) is 0 Å². The van der Waals surface area contributed by atoms with Gasteiger partial charge in [0.15, 0.2) is 0 Å². The molecule has 1 unspecified atom stereocenters. The van der Waals surface area contributed by atoms with Gasteiger partial charge in [-0.15, -0.1) is 11.3 Å².